The van der Waals surface area contributed by atoms with Gasteiger partial charge >= 0.3 is 0 Å². The zero-order chi connectivity index (χ0) is 23.0. The summed E-state index contributed by atoms with van der Waals surface area (Å²) in [7, 11) is 0. The van der Waals surface area contributed by atoms with E-state index in [0.717, 1.165) is 47.3 Å². The van der Waals surface area contributed by atoms with Gasteiger partial charge in [0.15, 0.2) is 29.0 Å². The third-order valence-corrected chi connectivity index (χ3v) is 6.10. The van der Waals surface area contributed by atoms with Gasteiger partial charge in [0.2, 0.25) is 0 Å². The first-order valence-corrected chi connectivity index (χ1v) is 12.0. The van der Waals surface area contributed by atoms with Crippen molar-refractivity contribution in [3.05, 3.63) is 36.3 Å². The first-order chi connectivity index (χ1) is 16.2. The fourth-order valence-electron chi connectivity index (χ4n) is 3.42. The van der Waals surface area contributed by atoms with Gasteiger partial charge in [0.05, 0.1) is 31.3 Å². The topological polar surface area (TPSA) is 94.4 Å². The number of carbonyl (C=O) groups excluding carboxylic acids is 1. The lowest BCUT2D eigenvalue weighted by Crippen LogP contribution is -2.37. The van der Waals surface area contributed by atoms with Gasteiger partial charge in [-0.15, -0.1) is 0 Å². The van der Waals surface area contributed by atoms with Crippen molar-refractivity contribution in [3.63, 3.8) is 0 Å². The molecule has 1 aliphatic rings. The Labute approximate surface area is 195 Å². The van der Waals surface area contributed by atoms with E-state index in [0.29, 0.717) is 26.3 Å². The number of nitrogens with zero attached hydrogens (tertiary/aromatic N) is 5. The molecule has 1 saturated heterocycles. The number of ether oxygens (including phenoxy) is 2. The van der Waals surface area contributed by atoms with Gasteiger partial charge < -0.3 is 19.7 Å². The number of rotatable bonds is 10. The minimum Gasteiger partial charge on any atom is -0.481 e. The second kappa shape index (κ2) is 11.3. The number of amides is 1. The van der Waals surface area contributed by atoms with Crippen LogP contribution < -0.4 is 15.0 Å². The maximum atomic E-state index is 13.6. The molecule has 1 amide bonds. The molecule has 0 spiro atoms. The van der Waals surface area contributed by atoms with Crippen LogP contribution >= 0.6 is 11.8 Å². The van der Waals surface area contributed by atoms with E-state index in [2.05, 4.69) is 22.2 Å². The Hall–Kier alpha value is -2.92. The average molecular weight is 475 g/mol. The lowest BCUT2D eigenvalue weighted by atomic mass is 10.3. The molecule has 11 heteroatoms. The molecule has 4 rings (SSSR count). The van der Waals surface area contributed by atoms with Crippen LogP contribution in [0.2, 0.25) is 0 Å². The van der Waals surface area contributed by atoms with Gasteiger partial charge in [0.1, 0.15) is 5.82 Å². The third kappa shape index (κ3) is 5.91. The summed E-state index contributed by atoms with van der Waals surface area (Å²) < 4.78 is 26.1. The molecule has 9 nitrogen and oxygen atoms in total. The van der Waals surface area contributed by atoms with Gasteiger partial charge in [-0.1, -0.05) is 30.8 Å². The number of para-hydroxylation sites is 1. The zero-order valence-electron chi connectivity index (χ0n) is 18.5. The van der Waals surface area contributed by atoms with Crippen molar-refractivity contribution in [1.82, 2.24) is 25.1 Å². The Morgan fingerprint density at radius 3 is 2.88 bits per heavy atom. The molecule has 0 saturated carbocycles. The van der Waals surface area contributed by atoms with Crippen LogP contribution in [0.25, 0.3) is 11.0 Å². The average Bonchev–Trinajstić information content (AvgIpc) is 3.25. The zero-order valence-corrected chi connectivity index (χ0v) is 19.3. The number of nitrogens with one attached hydrogen (secondary N) is 1. The van der Waals surface area contributed by atoms with E-state index in [9.17, 15) is 9.18 Å². The highest BCUT2D eigenvalue weighted by Gasteiger charge is 2.20. The summed E-state index contributed by atoms with van der Waals surface area (Å²) in [5, 5.41) is 8.87. The smallest absolute Gasteiger partial charge is 0.258 e. The number of fused-ring (bicyclic) bond motifs is 1. The van der Waals surface area contributed by atoms with Crippen LogP contribution in [0.4, 0.5) is 10.2 Å². The van der Waals surface area contributed by atoms with Crippen molar-refractivity contribution < 1.29 is 18.7 Å². The van der Waals surface area contributed by atoms with Crippen molar-refractivity contribution in [3.8, 4) is 5.75 Å². The largest absolute Gasteiger partial charge is 0.481 e. The molecule has 0 atom stereocenters. The molecule has 176 valence electrons. The molecule has 1 fully saturated rings. The molecule has 1 N–H and O–H groups in total. The van der Waals surface area contributed by atoms with Crippen LogP contribution in [0.5, 0.6) is 5.75 Å². The van der Waals surface area contributed by atoms with Gasteiger partial charge in [-0.05, 0) is 18.6 Å². The van der Waals surface area contributed by atoms with Crippen molar-refractivity contribution >= 4 is 34.5 Å². The Balaban J connectivity index is 1.41. The molecule has 0 bridgehead atoms. The normalized spacial score (nSPS) is 13.9. The Morgan fingerprint density at radius 2 is 2.09 bits per heavy atom. The number of hydrogen-bond acceptors (Lipinski definition) is 8. The van der Waals surface area contributed by atoms with E-state index >= 15 is 0 Å². The van der Waals surface area contributed by atoms with Crippen LogP contribution in [0.15, 0.2) is 35.6 Å². The summed E-state index contributed by atoms with van der Waals surface area (Å²) in [5.41, 5.74) is 0.738. The highest BCUT2D eigenvalue weighted by atomic mass is 32.2. The number of anilines is 1. The summed E-state index contributed by atoms with van der Waals surface area (Å²) in [6.45, 7) is 5.51. The molecule has 1 aromatic carbocycles. The minimum absolute atomic E-state index is 0.0511. The highest BCUT2D eigenvalue weighted by Crippen LogP contribution is 2.28. The second-order valence-electron chi connectivity index (χ2n) is 7.45. The van der Waals surface area contributed by atoms with E-state index in [-0.39, 0.29) is 18.3 Å². The maximum absolute atomic E-state index is 13.6. The number of hydrogen-bond donors (Lipinski definition) is 1. The molecular weight excluding hydrogens is 447 g/mol. The van der Waals surface area contributed by atoms with Gasteiger partial charge in [-0.25, -0.2) is 19.0 Å². The summed E-state index contributed by atoms with van der Waals surface area (Å²) in [6.07, 6.45) is 2.80. The van der Waals surface area contributed by atoms with E-state index in [1.165, 1.54) is 12.1 Å². The molecule has 1 aliphatic heterocycles. The molecule has 0 aliphatic carbocycles. The Kier molecular flexibility index (Phi) is 7.95. The number of benzene rings is 1. The lowest BCUT2D eigenvalue weighted by Gasteiger charge is -2.28. The van der Waals surface area contributed by atoms with Crippen molar-refractivity contribution in [2.75, 3.05) is 50.1 Å². The standard InChI is InChI=1S/C22H27FN6O3S/c1-2-13-33-22-26-20(28-9-11-31-12-10-28)16-14-25-29(21(16)27-22)8-7-24-19(30)15-32-18-6-4-3-5-17(18)23/h3-6,14H,2,7-13,15H2,1H3,(H,24,30). The summed E-state index contributed by atoms with van der Waals surface area (Å²) in [6, 6.07) is 5.99. The maximum Gasteiger partial charge on any atom is 0.258 e. The minimum atomic E-state index is -0.499. The van der Waals surface area contributed by atoms with E-state index < -0.39 is 5.82 Å². The Bertz CT molecular complexity index is 1090. The van der Waals surface area contributed by atoms with Crippen LogP contribution in [0.1, 0.15) is 13.3 Å². The third-order valence-electron chi connectivity index (χ3n) is 5.04. The first-order valence-electron chi connectivity index (χ1n) is 11.0. The summed E-state index contributed by atoms with van der Waals surface area (Å²) in [4.78, 5) is 23.8. The number of halogens is 1. The van der Waals surface area contributed by atoms with E-state index in [4.69, 9.17) is 19.4 Å². The molecule has 0 unspecified atom stereocenters. The quantitative estimate of drug-likeness (QED) is 0.354. The number of thioether (sulfide) groups is 1. The molecular formula is C22H27FN6O3S. The second-order valence-corrected chi connectivity index (χ2v) is 8.51. The molecule has 2 aromatic heterocycles. The van der Waals surface area contributed by atoms with E-state index in [1.54, 1.807) is 34.8 Å². The van der Waals surface area contributed by atoms with Crippen molar-refractivity contribution in [1.29, 1.82) is 0 Å². The predicted molar refractivity (Wildman–Crippen MR) is 124 cm³/mol. The van der Waals surface area contributed by atoms with Crippen LogP contribution in [-0.4, -0.2) is 70.9 Å². The van der Waals surface area contributed by atoms with Gasteiger partial charge in [-0.3, -0.25) is 4.79 Å². The fourth-order valence-corrected chi connectivity index (χ4v) is 4.10. The van der Waals surface area contributed by atoms with Crippen molar-refractivity contribution in [2.45, 2.75) is 25.0 Å². The number of carbonyl (C=O) groups is 1. The van der Waals surface area contributed by atoms with E-state index in [1.807, 2.05) is 0 Å². The first kappa shape index (κ1) is 23.2. The number of morpholine rings is 1. The predicted octanol–water partition coefficient (Wildman–Crippen LogP) is 2.50. The summed E-state index contributed by atoms with van der Waals surface area (Å²) >= 11 is 1.62. The monoisotopic (exact) mass is 474 g/mol. The SMILES string of the molecule is CCCSc1nc(N2CCOCC2)c2cnn(CCNC(=O)COc3ccccc3F)c2n1. The number of aromatic nitrogens is 4. The van der Waals surface area contributed by atoms with Crippen LogP contribution in [0, 0.1) is 5.82 Å². The fraction of sp³-hybridized carbons (Fsp3) is 0.455. The summed E-state index contributed by atoms with van der Waals surface area (Å²) in [5.74, 6) is 1.02. The van der Waals surface area contributed by atoms with Gasteiger partial charge in [0, 0.05) is 25.4 Å². The molecule has 33 heavy (non-hydrogen) atoms. The Morgan fingerprint density at radius 1 is 1.27 bits per heavy atom. The molecule has 3 heterocycles. The van der Waals surface area contributed by atoms with Gasteiger partial charge in [-0.2, -0.15) is 5.10 Å². The molecule has 0 radical (unpaired) electrons. The van der Waals surface area contributed by atoms with Crippen LogP contribution in [-0.2, 0) is 16.1 Å². The van der Waals surface area contributed by atoms with Crippen molar-refractivity contribution in [2.24, 2.45) is 0 Å². The van der Waals surface area contributed by atoms with Gasteiger partial charge in [0.25, 0.3) is 5.91 Å². The highest BCUT2D eigenvalue weighted by molar-refractivity contribution is 7.99. The van der Waals surface area contributed by atoms with Crippen LogP contribution in [0.3, 0.4) is 0 Å². The molecule has 3 aromatic rings. The lowest BCUT2D eigenvalue weighted by molar-refractivity contribution is -0.123.